The first-order valence-corrected chi connectivity index (χ1v) is 7.66. The third-order valence-electron chi connectivity index (χ3n) is 3.65. The molecular weight excluding hydrogens is 304 g/mol. The summed E-state index contributed by atoms with van der Waals surface area (Å²) in [6.07, 6.45) is 2.34. The molecule has 1 aliphatic heterocycles. The van der Waals surface area contributed by atoms with Crippen LogP contribution in [0.1, 0.15) is 38.3 Å². The van der Waals surface area contributed by atoms with Crippen molar-refractivity contribution in [3.8, 4) is 0 Å². The van der Waals surface area contributed by atoms with Crippen LogP contribution in [0.5, 0.6) is 0 Å². The van der Waals surface area contributed by atoms with Crippen LogP contribution in [-0.2, 0) is 0 Å². The van der Waals surface area contributed by atoms with Gasteiger partial charge in [0, 0.05) is 17.6 Å². The van der Waals surface area contributed by atoms with Gasteiger partial charge in [0.05, 0.1) is 6.04 Å². The molecule has 1 N–H and O–H groups in total. The van der Waals surface area contributed by atoms with Crippen molar-refractivity contribution in [2.75, 3.05) is 13.1 Å². The molecule has 0 aliphatic carbocycles. The van der Waals surface area contributed by atoms with Gasteiger partial charge in [0.15, 0.2) is 0 Å². The summed E-state index contributed by atoms with van der Waals surface area (Å²) < 4.78 is 1.06. The second-order valence-corrected chi connectivity index (χ2v) is 6.33. The molecule has 1 unspecified atom stereocenters. The number of nitrogens with one attached hydrogen (secondary N) is 1. The van der Waals surface area contributed by atoms with E-state index in [9.17, 15) is 4.79 Å². The van der Waals surface area contributed by atoms with Crippen molar-refractivity contribution < 1.29 is 4.79 Å². The second kappa shape index (κ2) is 6.42. The van der Waals surface area contributed by atoms with Crippen LogP contribution in [0.25, 0.3) is 0 Å². The van der Waals surface area contributed by atoms with Gasteiger partial charge in [-0.05, 0) is 43.4 Å². The van der Waals surface area contributed by atoms with Gasteiger partial charge in [0.1, 0.15) is 0 Å². The Balaban J connectivity index is 1.92. The minimum Gasteiger partial charge on any atom is -0.331 e. The number of halogens is 1. The highest BCUT2D eigenvalue weighted by Gasteiger charge is 2.22. The van der Waals surface area contributed by atoms with Gasteiger partial charge >= 0.3 is 6.03 Å². The molecular formula is C15H21BrN2O. The van der Waals surface area contributed by atoms with E-state index in [0.717, 1.165) is 29.5 Å². The average Bonchev–Trinajstić information content (AvgIpc) is 2.39. The number of amides is 2. The van der Waals surface area contributed by atoms with E-state index in [2.05, 4.69) is 28.2 Å². The van der Waals surface area contributed by atoms with Crippen molar-refractivity contribution in [2.45, 2.75) is 32.7 Å². The summed E-state index contributed by atoms with van der Waals surface area (Å²) in [6, 6.07) is 8.17. The molecule has 0 aromatic heterocycles. The molecule has 0 radical (unpaired) electrons. The van der Waals surface area contributed by atoms with Crippen molar-refractivity contribution in [1.29, 1.82) is 0 Å². The Bertz CT molecular complexity index is 432. The summed E-state index contributed by atoms with van der Waals surface area (Å²) in [5, 5.41) is 3.08. The highest BCUT2D eigenvalue weighted by atomic mass is 79.9. The Kier molecular flexibility index (Phi) is 4.86. The molecule has 3 nitrogen and oxygen atoms in total. The van der Waals surface area contributed by atoms with Crippen LogP contribution in [0.15, 0.2) is 28.7 Å². The molecule has 1 aromatic rings. The molecule has 2 atom stereocenters. The van der Waals surface area contributed by atoms with E-state index >= 15 is 0 Å². The fourth-order valence-electron chi connectivity index (χ4n) is 2.49. The number of urea groups is 1. The number of hydrogen-bond acceptors (Lipinski definition) is 1. The SMILES string of the molecule is CC1CCCN(C(=O)N[C@@H](C)c2ccc(Br)cc2)C1. The number of benzene rings is 1. The van der Waals surface area contributed by atoms with Crippen LogP contribution in [0.4, 0.5) is 4.79 Å². The first kappa shape index (κ1) is 14.4. The first-order chi connectivity index (χ1) is 9.06. The predicted octanol–water partition coefficient (Wildman–Crippen LogP) is 3.95. The smallest absolute Gasteiger partial charge is 0.317 e. The predicted molar refractivity (Wildman–Crippen MR) is 81.1 cm³/mol. The van der Waals surface area contributed by atoms with Crippen molar-refractivity contribution >= 4 is 22.0 Å². The first-order valence-electron chi connectivity index (χ1n) is 6.87. The number of carbonyl (C=O) groups is 1. The lowest BCUT2D eigenvalue weighted by atomic mass is 10.0. The molecule has 1 fully saturated rings. The van der Waals surface area contributed by atoms with E-state index in [1.54, 1.807) is 0 Å². The summed E-state index contributed by atoms with van der Waals surface area (Å²) >= 11 is 3.42. The minimum atomic E-state index is 0.0397. The Morgan fingerprint density at radius 3 is 2.74 bits per heavy atom. The van der Waals surface area contributed by atoms with Crippen molar-refractivity contribution in [2.24, 2.45) is 5.92 Å². The number of likely N-dealkylation sites (tertiary alicyclic amines) is 1. The molecule has 2 amide bonds. The summed E-state index contributed by atoms with van der Waals surface area (Å²) in [6.45, 7) is 5.98. The lowest BCUT2D eigenvalue weighted by Crippen LogP contribution is -2.45. The van der Waals surface area contributed by atoms with Crippen LogP contribution in [-0.4, -0.2) is 24.0 Å². The zero-order valence-corrected chi connectivity index (χ0v) is 13.1. The van der Waals surface area contributed by atoms with E-state index in [1.165, 1.54) is 6.42 Å². The van der Waals surface area contributed by atoms with E-state index in [0.29, 0.717) is 5.92 Å². The van der Waals surface area contributed by atoms with Crippen LogP contribution in [0.2, 0.25) is 0 Å². The summed E-state index contributed by atoms with van der Waals surface area (Å²) in [5.74, 6) is 0.613. The molecule has 1 aliphatic rings. The van der Waals surface area contributed by atoms with Crippen LogP contribution in [0, 0.1) is 5.92 Å². The Morgan fingerprint density at radius 2 is 2.11 bits per heavy atom. The molecule has 0 saturated carbocycles. The maximum atomic E-state index is 12.2. The van der Waals surface area contributed by atoms with Crippen LogP contribution >= 0.6 is 15.9 Å². The van der Waals surface area contributed by atoms with Crippen LogP contribution in [0.3, 0.4) is 0 Å². The monoisotopic (exact) mass is 324 g/mol. The summed E-state index contributed by atoms with van der Waals surface area (Å²) in [4.78, 5) is 14.1. The van der Waals surface area contributed by atoms with Gasteiger partial charge in [-0.1, -0.05) is 35.0 Å². The standard InChI is InChI=1S/C15H21BrN2O/c1-11-4-3-9-18(10-11)15(19)17-12(2)13-5-7-14(16)8-6-13/h5-8,11-12H,3-4,9-10H2,1-2H3,(H,17,19)/t11?,12-/m0/s1. The molecule has 0 bridgehead atoms. The van der Waals surface area contributed by atoms with Gasteiger partial charge in [-0.2, -0.15) is 0 Å². The number of piperidine rings is 1. The van der Waals surface area contributed by atoms with E-state index < -0.39 is 0 Å². The fourth-order valence-corrected chi connectivity index (χ4v) is 2.75. The molecule has 104 valence electrons. The van der Waals surface area contributed by atoms with Crippen LogP contribution < -0.4 is 5.32 Å². The van der Waals surface area contributed by atoms with Crippen molar-refractivity contribution in [1.82, 2.24) is 10.2 Å². The lowest BCUT2D eigenvalue weighted by molar-refractivity contribution is 0.167. The largest absolute Gasteiger partial charge is 0.331 e. The Morgan fingerprint density at radius 1 is 1.42 bits per heavy atom. The van der Waals surface area contributed by atoms with Gasteiger partial charge in [0.2, 0.25) is 0 Å². The summed E-state index contributed by atoms with van der Waals surface area (Å²) in [5.41, 5.74) is 1.13. The Hall–Kier alpha value is -1.03. The topological polar surface area (TPSA) is 32.3 Å². The molecule has 4 heteroatoms. The third-order valence-corrected chi connectivity index (χ3v) is 4.18. The lowest BCUT2D eigenvalue weighted by Gasteiger charge is -2.32. The highest BCUT2D eigenvalue weighted by molar-refractivity contribution is 9.10. The number of rotatable bonds is 2. The average molecular weight is 325 g/mol. The maximum Gasteiger partial charge on any atom is 0.317 e. The molecule has 1 heterocycles. The van der Waals surface area contributed by atoms with Gasteiger partial charge < -0.3 is 10.2 Å². The van der Waals surface area contributed by atoms with E-state index in [1.807, 2.05) is 36.1 Å². The molecule has 2 rings (SSSR count). The highest BCUT2D eigenvalue weighted by Crippen LogP contribution is 2.19. The normalized spacial score (nSPS) is 21.0. The quantitative estimate of drug-likeness (QED) is 0.877. The number of hydrogen-bond donors (Lipinski definition) is 1. The van der Waals surface area contributed by atoms with E-state index in [4.69, 9.17) is 0 Å². The third kappa shape index (κ3) is 3.96. The van der Waals surface area contributed by atoms with Gasteiger partial charge in [-0.3, -0.25) is 0 Å². The second-order valence-electron chi connectivity index (χ2n) is 5.42. The summed E-state index contributed by atoms with van der Waals surface area (Å²) in [7, 11) is 0. The maximum absolute atomic E-state index is 12.2. The van der Waals surface area contributed by atoms with Gasteiger partial charge in [-0.15, -0.1) is 0 Å². The number of carbonyl (C=O) groups excluding carboxylic acids is 1. The minimum absolute atomic E-state index is 0.0397. The zero-order chi connectivity index (χ0) is 13.8. The fraction of sp³-hybridized carbons (Fsp3) is 0.533. The number of nitrogens with zero attached hydrogens (tertiary/aromatic N) is 1. The van der Waals surface area contributed by atoms with Crippen molar-refractivity contribution in [3.63, 3.8) is 0 Å². The molecule has 0 spiro atoms. The van der Waals surface area contributed by atoms with Gasteiger partial charge in [-0.25, -0.2) is 4.79 Å². The molecule has 1 saturated heterocycles. The van der Waals surface area contributed by atoms with Gasteiger partial charge in [0.25, 0.3) is 0 Å². The Labute approximate surface area is 123 Å². The van der Waals surface area contributed by atoms with E-state index in [-0.39, 0.29) is 12.1 Å². The molecule has 19 heavy (non-hydrogen) atoms. The van der Waals surface area contributed by atoms with Crippen molar-refractivity contribution in [3.05, 3.63) is 34.3 Å². The molecule has 1 aromatic carbocycles. The zero-order valence-electron chi connectivity index (χ0n) is 11.5.